The number of phosphoric acid groups is 1. The van der Waals surface area contributed by atoms with Crippen LogP contribution in [0.4, 0.5) is 0 Å². The second kappa shape index (κ2) is 54.5. The van der Waals surface area contributed by atoms with Crippen LogP contribution in [0.25, 0.3) is 0 Å². The number of quaternary nitrogens is 1. The van der Waals surface area contributed by atoms with Gasteiger partial charge in [-0.25, -0.2) is 4.57 Å². The van der Waals surface area contributed by atoms with Gasteiger partial charge >= 0.3 is 19.8 Å². The predicted molar refractivity (Wildman–Crippen MR) is 316 cm³/mol. The summed E-state index contributed by atoms with van der Waals surface area (Å²) in [5.41, 5.74) is 0. The highest BCUT2D eigenvalue weighted by Gasteiger charge is 2.27. The first-order chi connectivity index (χ1) is 36.0. The van der Waals surface area contributed by atoms with E-state index in [1.807, 2.05) is 21.1 Å². The van der Waals surface area contributed by atoms with Gasteiger partial charge in [0.2, 0.25) is 0 Å². The molecule has 0 saturated carbocycles. The molecule has 0 amide bonds. The van der Waals surface area contributed by atoms with Crippen LogP contribution >= 0.6 is 7.82 Å². The molecule has 2 unspecified atom stereocenters. The number of hydrogen-bond donors (Lipinski definition) is 1. The van der Waals surface area contributed by atoms with E-state index in [9.17, 15) is 19.0 Å². The molecule has 0 aliphatic heterocycles. The number of ether oxygens (including phenoxy) is 2. The van der Waals surface area contributed by atoms with Gasteiger partial charge in [0.25, 0.3) is 0 Å². The first-order valence-electron chi connectivity index (χ1n) is 29.6. The number of phosphoric ester groups is 1. The van der Waals surface area contributed by atoms with Gasteiger partial charge in [-0.1, -0.05) is 226 Å². The molecular formula is C64H111NO8P+. The van der Waals surface area contributed by atoms with Crippen molar-refractivity contribution in [1.29, 1.82) is 0 Å². The number of esters is 2. The molecule has 0 aliphatic rings. The molecule has 0 rings (SSSR count). The fourth-order valence-corrected chi connectivity index (χ4v) is 8.47. The number of nitrogens with zero attached hydrogens (tertiary/aromatic N) is 1. The van der Waals surface area contributed by atoms with Crippen molar-refractivity contribution in [1.82, 2.24) is 0 Å². The zero-order valence-electron chi connectivity index (χ0n) is 48.0. The van der Waals surface area contributed by atoms with E-state index in [1.165, 1.54) is 89.9 Å². The summed E-state index contributed by atoms with van der Waals surface area (Å²) in [6, 6.07) is 0. The fraction of sp³-hybridized carbons (Fsp3) is 0.688. The maximum Gasteiger partial charge on any atom is 0.472 e. The number of carbonyl (C=O) groups is 2. The van der Waals surface area contributed by atoms with Crippen LogP contribution in [0, 0.1) is 0 Å². The van der Waals surface area contributed by atoms with E-state index in [4.69, 9.17) is 18.5 Å². The summed E-state index contributed by atoms with van der Waals surface area (Å²) in [5, 5.41) is 0. The maximum absolute atomic E-state index is 12.8. The lowest BCUT2D eigenvalue weighted by atomic mass is 10.1. The smallest absolute Gasteiger partial charge is 0.462 e. The van der Waals surface area contributed by atoms with Crippen LogP contribution in [0.1, 0.15) is 232 Å². The van der Waals surface area contributed by atoms with Crippen molar-refractivity contribution >= 4 is 19.8 Å². The Morgan fingerprint density at radius 1 is 0.432 bits per heavy atom. The van der Waals surface area contributed by atoms with Crippen LogP contribution in [0.3, 0.4) is 0 Å². The number of unbranched alkanes of at least 4 members (excludes halogenated alkanes) is 21. The van der Waals surface area contributed by atoms with Crippen LogP contribution in [0.2, 0.25) is 0 Å². The molecule has 0 aromatic heterocycles. The van der Waals surface area contributed by atoms with Crippen LogP contribution in [0.5, 0.6) is 0 Å². The van der Waals surface area contributed by atoms with Gasteiger partial charge in [-0.05, 0) is 103 Å². The van der Waals surface area contributed by atoms with E-state index in [0.717, 1.165) is 109 Å². The fourth-order valence-electron chi connectivity index (χ4n) is 7.73. The third kappa shape index (κ3) is 57.9. The second-order valence-corrected chi connectivity index (χ2v) is 22.1. The van der Waals surface area contributed by atoms with Gasteiger partial charge in [0.05, 0.1) is 27.7 Å². The minimum absolute atomic E-state index is 0.0228. The van der Waals surface area contributed by atoms with Crippen LogP contribution in [-0.4, -0.2) is 74.9 Å². The van der Waals surface area contributed by atoms with Gasteiger partial charge in [0.15, 0.2) is 6.10 Å². The standard InChI is InChI=1S/C64H110NO8P/c1-6-8-10-12-14-16-18-20-22-24-26-28-30-31-32-33-35-37-39-41-43-45-47-49-51-53-55-57-64(67)73-62(61-72-74(68,69)71-59-58-65(3,4)5)60-70-63(66)56-54-52-50-48-46-44-42-40-38-36-34-29-27-25-23-21-19-17-15-13-11-9-7-2/h8,10,14,16,19-22,25-28,31-32,34-37,62H,6-7,9,11-13,15,17-18,23-24,29-30,33,38-61H2,1-5H3/p+1/b10-8-,16-14-,21-19-,22-20-,27-25-,28-26-,32-31-,36-34-,37-35-. The van der Waals surface area contributed by atoms with E-state index in [-0.39, 0.29) is 32.0 Å². The van der Waals surface area contributed by atoms with Crippen molar-refractivity contribution < 1.29 is 42.1 Å². The third-order valence-electron chi connectivity index (χ3n) is 12.3. The summed E-state index contributed by atoms with van der Waals surface area (Å²) in [6.45, 7) is 4.29. The zero-order chi connectivity index (χ0) is 54.2. The molecule has 0 saturated heterocycles. The molecule has 0 radical (unpaired) electrons. The van der Waals surface area contributed by atoms with E-state index in [0.29, 0.717) is 17.4 Å². The average molecular weight is 1050 g/mol. The normalized spacial score (nSPS) is 14.1. The van der Waals surface area contributed by atoms with Crippen LogP contribution < -0.4 is 0 Å². The summed E-state index contributed by atoms with van der Waals surface area (Å²) in [5.74, 6) is -0.820. The molecule has 0 heterocycles. The zero-order valence-corrected chi connectivity index (χ0v) is 48.9. The average Bonchev–Trinajstić information content (AvgIpc) is 3.36. The minimum atomic E-state index is -4.40. The number of carbonyl (C=O) groups excluding carboxylic acids is 2. The van der Waals surface area contributed by atoms with Crippen LogP contribution in [0.15, 0.2) is 109 Å². The molecule has 0 spiro atoms. The lowest BCUT2D eigenvalue weighted by Crippen LogP contribution is -2.37. The van der Waals surface area contributed by atoms with Gasteiger partial charge in [-0.2, -0.15) is 0 Å². The van der Waals surface area contributed by atoms with E-state index in [2.05, 4.69) is 123 Å². The van der Waals surface area contributed by atoms with Gasteiger partial charge < -0.3 is 18.9 Å². The van der Waals surface area contributed by atoms with E-state index >= 15 is 0 Å². The molecule has 0 aromatic carbocycles. The van der Waals surface area contributed by atoms with Crippen molar-refractivity contribution in [2.24, 2.45) is 0 Å². The quantitative estimate of drug-likeness (QED) is 0.0211. The highest BCUT2D eigenvalue weighted by atomic mass is 31.2. The number of hydrogen-bond acceptors (Lipinski definition) is 7. The molecule has 0 fully saturated rings. The van der Waals surface area contributed by atoms with Crippen molar-refractivity contribution in [2.75, 3.05) is 47.5 Å². The Hall–Kier alpha value is -3.33. The molecule has 10 heteroatoms. The Labute approximate surface area is 455 Å². The predicted octanol–water partition coefficient (Wildman–Crippen LogP) is 18.6. The Bertz CT molecular complexity index is 1620. The summed E-state index contributed by atoms with van der Waals surface area (Å²) < 4.78 is 34.6. The van der Waals surface area contributed by atoms with Crippen molar-refractivity contribution in [3.63, 3.8) is 0 Å². The lowest BCUT2D eigenvalue weighted by Gasteiger charge is -2.24. The lowest BCUT2D eigenvalue weighted by molar-refractivity contribution is -0.870. The highest BCUT2D eigenvalue weighted by molar-refractivity contribution is 7.47. The van der Waals surface area contributed by atoms with Gasteiger partial charge in [0.1, 0.15) is 19.8 Å². The Kier molecular flexibility index (Phi) is 52.0. The summed E-state index contributed by atoms with van der Waals surface area (Å²) in [6.07, 6.45) is 75.7. The van der Waals surface area contributed by atoms with Crippen molar-refractivity contribution in [3.8, 4) is 0 Å². The molecule has 0 aliphatic carbocycles. The third-order valence-corrected chi connectivity index (χ3v) is 13.3. The summed E-state index contributed by atoms with van der Waals surface area (Å²) in [4.78, 5) is 35.7. The van der Waals surface area contributed by atoms with Gasteiger partial charge in [0, 0.05) is 12.8 Å². The Balaban J connectivity index is 4.23. The molecule has 1 N–H and O–H groups in total. The number of likely N-dealkylation sites (N-methyl/N-ethyl adjacent to an activating group) is 1. The first-order valence-corrected chi connectivity index (χ1v) is 31.1. The Morgan fingerprint density at radius 3 is 1.15 bits per heavy atom. The molecule has 424 valence electrons. The molecule has 2 atom stereocenters. The Morgan fingerprint density at radius 2 is 0.770 bits per heavy atom. The topological polar surface area (TPSA) is 108 Å². The van der Waals surface area contributed by atoms with Crippen molar-refractivity contribution in [3.05, 3.63) is 109 Å². The maximum atomic E-state index is 12.8. The van der Waals surface area contributed by atoms with Gasteiger partial charge in [-0.15, -0.1) is 0 Å². The molecule has 0 bridgehead atoms. The highest BCUT2D eigenvalue weighted by Crippen LogP contribution is 2.43. The molecule has 9 nitrogen and oxygen atoms in total. The SMILES string of the molecule is CC/C=C\C/C=C\C/C=C\C/C=C\C/C=C\C/C=C\CCCCCCCCCCC(=O)OC(COC(=O)CCCCCCCCCC/C=C\C/C=C\C/C=C\CCCCCCC)COP(=O)(O)OCC[N+](C)(C)C. The second-order valence-electron chi connectivity index (χ2n) is 20.6. The molecular weight excluding hydrogens is 942 g/mol. The largest absolute Gasteiger partial charge is 0.472 e. The van der Waals surface area contributed by atoms with E-state index < -0.39 is 26.5 Å². The monoisotopic (exact) mass is 1050 g/mol. The van der Waals surface area contributed by atoms with Crippen molar-refractivity contribution in [2.45, 2.75) is 238 Å². The van der Waals surface area contributed by atoms with E-state index in [1.54, 1.807) is 0 Å². The molecule has 74 heavy (non-hydrogen) atoms. The number of allylic oxidation sites excluding steroid dienone is 18. The first kappa shape index (κ1) is 70.7. The van der Waals surface area contributed by atoms with Gasteiger partial charge in [-0.3, -0.25) is 18.6 Å². The summed E-state index contributed by atoms with van der Waals surface area (Å²) in [7, 11) is 1.45. The minimum Gasteiger partial charge on any atom is -0.462 e. The summed E-state index contributed by atoms with van der Waals surface area (Å²) >= 11 is 0. The van der Waals surface area contributed by atoms with Crippen LogP contribution in [-0.2, 0) is 32.7 Å². The number of rotatable bonds is 53. The molecule has 0 aromatic rings.